The van der Waals surface area contributed by atoms with E-state index in [4.69, 9.17) is 25.8 Å². The van der Waals surface area contributed by atoms with Crippen LogP contribution in [0.5, 0.6) is 11.5 Å². The molecule has 0 aliphatic carbocycles. The molecular weight excluding hydrogens is 428 g/mol. The number of halogens is 1. The second-order valence-electron chi connectivity index (χ2n) is 6.45. The van der Waals surface area contributed by atoms with Gasteiger partial charge in [0.2, 0.25) is 0 Å². The molecule has 3 rings (SSSR count). The highest BCUT2D eigenvalue weighted by Gasteiger charge is 2.15. The fraction of sp³-hybridized carbons (Fsp3) is 0.238. The molecule has 0 aromatic heterocycles. The van der Waals surface area contributed by atoms with Crippen LogP contribution < -0.4 is 20.1 Å². The average Bonchev–Trinajstić information content (AvgIpc) is 2.76. The van der Waals surface area contributed by atoms with Crippen LogP contribution in [0.15, 0.2) is 42.5 Å². The third kappa shape index (κ3) is 6.71. The summed E-state index contributed by atoms with van der Waals surface area (Å²) < 4.78 is 15.6. The van der Waals surface area contributed by atoms with Crippen LogP contribution >= 0.6 is 11.6 Å². The summed E-state index contributed by atoms with van der Waals surface area (Å²) in [6, 6.07) is 10.3. The molecule has 0 spiro atoms. The molecule has 0 radical (unpaired) electrons. The smallest absolute Gasteiger partial charge is 0.325 e. The lowest BCUT2D eigenvalue weighted by atomic mass is 10.1. The highest BCUT2D eigenvalue weighted by molar-refractivity contribution is 6.30. The van der Waals surface area contributed by atoms with Crippen molar-refractivity contribution in [2.24, 2.45) is 0 Å². The lowest BCUT2D eigenvalue weighted by molar-refractivity contribution is -0.148. The van der Waals surface area contributed by atoms with Crippen LogP contribution in [0.3, 0.4) is 0 Å². The molecule has 1 aliphatic heterocycles. The van der Waals surface area contributed by atoms with E-state index in [0.29, 0.717) is 41.0 Å². The van der Waals surface area contributed by atoms with Gasteiger partial charge in [0.05, 0.1) is 6.42 Å². The number of anilines is 1. The summed E-state index contributed by atoms with van der Waals surface area (Å²) in [6.45, 7) is 0.198. The van der Waals surface area contributed by atoms with E-state index in [1.165, 1.54) is 0 Å². The van der Waals surface area contributed by atoms with Gasteiger partial charge in [0, 0.05) is 28.8 Å². The quantitative estimate of drug-likeness (QED) is 0.495. The maximum atomic E-state index is 12.0. The number of urea groups is 1. The van der Waals surface area contributed by atoms with E-state index in [-0.39, 0.29) is 18.6 Å². The summed E-state index contributed by atoms with van der Waals surface area (Å²) in [6.07, 6.45) is -0.273. The van der Waals surface area contributed by atoms with Gasteiger partial charge in [-0.05, 0) is 36.4 Å². The van der Waals surface area contributed by atoms with Gasteiger partial charge in [-0.25, -0.2) is 4.79 Å². The summed E-state index contributed by atoms with van der Waals surface area (Å²) in [7, 11) is 0. The zero-order chi connectivity index (χ0) is 22.2. The zero-order valence-electron chi connectivity index (χ0n) is 16.3. The van der Waals surface area contributed by atoms with Crippen molar-refractivity contribution in [3.05, 3.63) is 53.1 Å². The Morgan fingerprint density at radius 3 is 2.39 bits per heavy atom. The first kappa shape index (κ1) is 22.1. The van der Waals surface area contributed by atoms with E-state index in [1.54, 1.807) is 42.5 Å². The van der Waals surface area contributed by atoms with Crippen LogP contribution in [-0.4, -0.2) is 43.5 Å². The standard InChI is InChI=1S/C21H19ClN2O7/c22-14-3-1-13(2-4-14)16(25)6-8-20(27)31-12-19(26)24-21(28)23-15-5-7-17-18(11-15)30-10-9-29-17/h1-5,7,11H,6,8-10,12H2,(H2,23,24,26,28). The molecule has 0 atom stereocenters. The lowest BCUT2D eigenvalue weighted by Gasteiger charge is -2.19. The summed E-state index contributed by atoms with van der Waals surface area (Å²) in [5.41, 5.74) is 0.818. The number of benzene rings is 2. The Morgan fingerprint density at radius 2 is 1.65 bits per heavy atom. The molecule has 31 heavy (non-hydrogen) atoms. The third-order valence-electron chi connectivity index (χ3n) is 4.14. The van der Waals surface area contributed by atoms with Crippen molar-refractivity contribution in [3.63, 3.8) is 0 Å². The summed E-state index contributed by atoms with van der Waals surface area (Å²) in [5, 5.41) is 5.01. The number of ether oxygens (including phenoxy) is 3. The molecule has 0 unspecified atom stereocenters. The minimum Gasteiger partial charge on any atom is -0.486 e. The number of hydrogen-bond donors (Lipinski definition) is 2. The van der Waals surface area contributed by atoms with E-state index >= 15 is 0 Å². The number of fused-ring (bicyclic) bond motifs is 1. The Hall–Kier alpha value is -3.59. The highest BCUT2D eigenvalue weighted by Crippen LogP contribution is 2.32. The molecule has 2 N–H and O–H groups in total. The van der Waals surface area contributed by atoms with Crippen molar-refractivity contribution in [2.45, 2.75) is 12.8 Å². The maximum Gasteiger partial charge on any atom is 0.325 e. The van der Waals surface area contributed by atoms with Crippen molar-refractivity contribution in [1.82, 2.24) is 5.32 Å². The molecule has 0 fully saturated rings. The Labute approximate surface area is 182 Å². The second-order valence-corrected chi connectivity index (χ2v) is 6.89. The lowest BCUT2D eigenvalue weighted by Crippen LogP contribution is -2.37. The van der Waals surface area contributed by atoms with Gasteiger partial charge in [-0.3, -0.25) is 19.7 Å². The molecule has 3 amide bonds. The molecule has 0 saturated carbocycles. The van der Waals surface area contributed by atoms with Crippen molar-refractivity contribution in [2.75, 3.05) is 25.1 Å². The molecule has 10 heteroatoms. The number of esters is 1. The van der Waals surface area contributed by atoms with Crippen LogP contribution in [0.25, 0.3) is 0 Å². The Balaban J connectivity index is 1.37. The van der Waals surface area contributed by atoms with Crippen molar-refractivity contribution in [3.8, 4) is 11.5 Å². The Morgan fingerprint density at radius 1 is 0.935 bits per heavy atom. The van der Waals surface area contributed by atoms with Gasteiger partial charge < -0.3 is 19.5 Å². The van der Waals surface area contributed by atoms with Gasteiger partial charge in [-0.15, -0.1) is 0 Å². The summed E-state index contributed by atoms with van der Waals surface area (Å²) >= 11 is 5.76. The number of hydrogen-bond acceptors (Lipinski definition) is 7. The van der Waals surface area contributed by atoms with Crippen LogP contribution in [0.2, 0.25) is 5.02 Å². The van der Waals surface area contributed by atoms with Crippen LogP contribution in [0, 0.1) is 0 Å². The van der Waals surface area contributed by atoms with Crippen LogP contribution in [0.1, 0.15) is 23.2 Å². The SMILES string of the molecule is O=C(COC(=O)CCC(=O)c1ccc(Cl)cc1)NC(=O)Nc1ccc2c(c1)OCCO2. The second kappa shape index (κ2) is 10.4. The van der Waals surface area contributed by atoms with E-state index in [2.05, 4.69) is 5.32 Å². The van der Waals surface area contributed by atoms with Gasteiger partial charge in [0.15, 0.2) is 23.9 Å². The molecule has 1 aliphatic rings. The molecule has 1 heterocycles. The summed E-state index contributed by atoms with van der Waals surface area (Å²) in [5.74, 6) is -0.749. The fourth-order valence-corrected chi connectivity index (χ4v) is 2.79. The fourth-order valence-electron chi connectivity index (χ4n) is 2.66. The first-order chi connectivity index (χ1) is 14.9. The number of ketones is 1. The first-order valence-electron chi connectivity index (χ1n) is 9.35. The van der Waals surface area contributed by atoms with E-state index in [0.717, 1.165) is 0 Å². The predicted molar refractivity (Wildman–Crippen MR) is 111 cm³/mol. The number of imide groups is 1. The van der Waals surface area contributed by atoms with Gasteiger partial charge in [0.25, 0.3) is 5.91 Å². The number of rotatable bonds is 7. The summed E-state index contributed by atoms with van der Waals surface area (Å²) in [4.78, 5) is 47.5. The monoisotopic (exact) mass is 446 g/mol. The molecule has 9 nitrogen and oxygen atoms in total. The first-order valence-corrected chi connectivity index (χ1v) is 9.73. The number of amides is 3. The molecule has 162 valence electrons. The van der Waals surface area contributed by atoms with Crippen molar-refractivity contribution >= 4 is 41.0 Å². The average molecular weight is 447 g/mol. The van der Waals surface area contributed by atoms with Gasteiger partial charge in [0.1, 0.15) is 13.2 Å². The van der Waals surface area contributed by atoms with Gasteiger partial charge >= 0.3 is 12.0 Å². The minimum atomic E-state index is -0.813. The molecule has 2 aromatic carbocycles. The molecule has 0 saturated heterocycles. The zero-order valence-corrected chi connectivity index (χ0v) is 17.1. The molecule has 0 bridgehead atoms. The van der Waals surface area contributed by atoms with Gasteiger partial charge in [-0.2, -0.15) is 0 Å². The van der Waals surface area contributed by atoms with Gasteiger partial charge in [-0.1, -0.05) is 11.6 Å². The Kier molecular flexibility index (Phi) is 7.45. The van der Waals surface area contributed by atoms with E-state index in [1.807, 2.05) is 5.32 Å². The van der Waals surface area contributed by atoms with Crippen molar-refractivity contribution in [1.29, 1.82) is 0 Å². The number of carbonyl (C=O) groups is 4. The molecule has 2 aromatic rings. The number of nitrogens with one attached hydrogen (secondary N) is 2. The van der Waals surface area contributed by atoms with Crippen LogP contribution in [-0.2, 0) is 14.3 Å². The molecular formula is C21H19ClN2O7. The van der Waals surface area contributed by atoms with E-state index in [9.17, 15) is 19.2 Å². The topological polar surface area (TPSA) is 120 Å². The van der Waals surface area contributed by atoms with Crippen molar-refractivity contribution < 1.29 is 33.4 Å². The van der Waals surface area contributed by atoms with E-state index < -0.39 is 24.5 Å². The number of Topliss-reactive ketones (excluding diaryl/α,β-unsaturated/α-hetero) is 1. The Bertz CT molecular complexity index is 992. The third-order valence-corrected chi connectivity index (χ3v) is 4.39. The largest absolute Gasteiger partial charge is 0.486 e. The van der Waals surface area contributed by atoms with Crippen LogP contribution in [0.4, 0.5) is 10.5 Å². The number of carbonyl (C=O) groups excluding carboxylic acids is 4. The normalized spacial score (nSPS) is 11.9. The predicted octanol–water partition coefficient (Wildman–Crippen LogP) is 2.97. The minimum absolute atomic E-state index is 0.0767. The maximum absolute atomic E-state index is 12.0. The highest BCUT2D eigenvalue weighted by atomic mass is 35.5.